The Labute approximate surface area is 192 Å². The molecule has 2 aliphatic rings. The third-order valence-corrected chi connectivity index (χ3v) is 6.29. The largest absolute Gasteiger partial charge is 0.337 e. The summed E-state index contributed by atoms with van der Waals surface area (Å²) in [6, 6.07) is 13.4. The van der Waals surface area contributed by atoms with Crippen molar-refractivity contribution in [1.82, 2.24) is 9.80 Å². The number of carbonyl (C=O) groups is 3. The van der Waals surface area contributed by atoms with Crippen molar-refractivity contribution in [3.63, 3.8) is 0 Å². The van der Waals surface area contributed by atoms with Crippen LogP contribution in [-0.2, 0) is 20.9 Å². The van der Waals surface area contributed by atoms with Gasteiger partial charge in [0.1, 0.15) is 12.4 Å². The maximum atomic E-state index is 14.8. The molecule has 1 spiro atoms. The first-order valence-electron chi connectivity index (χ1n) is 10.8. The van der Waals surface area contributed by atoms with E-state index in [-0.39, 0.29) is 55.2 Å². The second kappa shape index (κ2) is 8.32. The molecule has 0 radical (unpaired) electrons. The second-order valence-corrected chi connectivity index (χ2v) is 9.02. The summed E-state index contributed by atoms with van der Waals surface area (Å²) < 4.78 is 14.8. The van der Waals surface area contributed by atoms with Crippen LogP contribution in [0.25, 0.3) is 0 Å². The number of carbonyl (C=O) groups excluding carboxylic acids is 3. The van der Waals surface area contributed by atoms with Gasteiger partial charge >= 0.3 is 0 Å². The summed E-state index contributed by atoms with van der Waals surface area (Å²) in [6.45, 7) is 5.56. The Bertz CT molecular complexity index is 1160. The van der Waals surface area contributed by atoms with Crippen LogP contribution in [0.3, 0.4) is 0 Å². The Morgan fingerprint density at radius 2 is 1.82 bits per heavy atom. The van der Waals surface area contributed by atoms with Gasteiger partial charge in [-0.3, -0.25) is 19.3 Å². The summed E-state index contributed by atoms with van der Waals surface area (Å²) in [5.74, 6) is -1.83. The van der Waals surface area contributed by atoms with Gasteiger partial charge in [0.15, 0.2) is 5.54 Å². The maximum absolute atomic E-state index is 14.8. The number of amides is 3. The summed E-state index contributed by atoms with van der Waals surface area (Å²) in [4.78, 5) is 43.8. The molecule has 2 fully saturated rings. The standard InChI is InChI=1S/C25H25FN4O3/c1-16(2)23(32)28-14-25(15-28)24(33)29(21-9-8-19(11-27)10-20(21)26)13-22(31)30(25)12-18-6-4-17(3)5-7-18/h4-10,16H,12-15H2,1-3H3. The van der Waals surface area contributed by atoms with Gasteiger partial charge in [-0.2, -0.15) is 5.26 Å². The number of nitrogens with zero attached hydrogens (tertiary/aromatic N) is 4. The molecule has 33 heavy (non-hydrogen) atoms. The molecule has 2 aromatic rings. The minimum atomic E-state index is -1.26. The van der Waals surface area contributed by atoms with E-state index in [1.807, 2.05) is 37.3 Å². The predicted octanol–water partition coefficient (Wildman–Crippen LogP) is 2.62. The Hall–Kier alpha value is -3.73. The first-order valence-corrected chi connectivity index (χ1v) is 10.8. The molecule has 0 N–H and O–H groups in total. The monoisotopic (exact) mass is 448 g/mol. The fourth-order valence-electron chi connectivity index (χ4n) is 4.42. The van der Waals surface area contributed by atoms with Gasteiger partial charge in [-0.15, -0.1) is 0 Å². The van der Waals surface area contributed by atoms with Crippen LogP contribution in [0.2, 0.25) is 0 Å². The van der Waals surface area contributed by atoms with E-state index >= 15 is 0 Å². The molecule has 7 nitrogen and oxygen atoms in total. The number of aryl methyl sites for hydroxylation is 1. The molecule has 8 heteroatoms. The number of rotatable bonds is 4. The summed E-state index contributed by atoms with van der Waals surface area (Å²) in [6.07, 6.45) is 0. The molecule has 0 saturated carbocycles. The van der Waals surface area contributed by atoms with Crippen LogP contribution in [0.1, 0.15) is 30.5 Å². The fraction of sp³-hybridized carbons (Fsp3) is 0.360. The molecule has 0 bridgehead atoms. The minimum absolute atomic E-state index is 0.0460. The SMILES string of the molecule is Cc1ccc(CN2C(=O)CN(c3ccc(C#N)cc3F)C(=O)C23CN(C(=O)C(C)C)C3)cc1. The van der Waals surface area contributed by atoms with Gasteiger partial charge < -0.3 is 9.80 Å². The van der Waals surface area contributed by atoms with Gasteiger partial charge in [-0.05, 0) is 30.7 Å². The van der Waals surface area contributed by atoms with E-state index in [1.54, 1.807) is 18.7 Å². The minimum Gasteiger partial charge on any atom is -0.337 e. The molecule has 0 aromatic heterocycles. The smallest absolute Gasteiger partial charge is 0.257 e. The summed E-state index contributed by atoms with van der Waals surface area (Å²) in [5, 5.41) is 9.01. The molecule has 3 amide bonds. The van der Waals surface area contributed by atoms with Crippen molar-refractivity contribution < 1.29 is 18.8 Å². The fourth-order valence-corrected chi connectivity index (χ4v) is 4.42. The van der Waals surface area contributed by atoms with E-state index in [0.717, 1.165) is 22.1 Å². The molecule has 2 heterocycles. The van der Waals surface area contributed by atoms with Crippen molar-refractivity contribution in [3.8, 4) is 6.07 Å². The van der Waals surface area contributed by atoms with E-state index in [2.05, 4.69) is 0 Å². The van der Waals surface area contributed by atoms with Gasteiger partial charge in [-0.1, -0.05) is 43.7 Å². The van der Waals surface area contributed by atoms with E-state index in [4.69, 9.17) is 5.26 Å². The summed E-state index contributed by atoms with van der Waals surface area (Å²) >= 11 is 0. The lowest BCUT2D eigenvalue weighted by molar-refractivity contribution is -0.171. The summed E-state index contributed by atoms with van der Waals surface area (Å²) in [7, 11) is 0. The zero-order valence-corrected chi connectivity index (χ0v) is 18.8. The Balaban J connectivity index is 1.70. The topological polar surface area (TPSA) is 84.7 Å². The molecular weight excluding hydrogens is 423 g/mol. The Morgan fingerprint density at radius 1 is 1.15 bits per heavy atom. The zero-order valence-electron chi connectivity index (χ0n) is 18.8. The molecule has 0 unspecified atom stereocenters. The van der Waals surface area contributed by atoms with Gasteiger partial charge in [0, 0.05) is 12.5 Å². The number of hydrogen-bond acceptors (Lipinski definition) is 4. The van der Waals surface area contributed by atoms with E-state index in [9.17, 15) is 18.8 Å². The van der Waals surface area contributed by atoms with E-state index in [1.165, 1.54) is 17.0 Å². The number of likely N-dealkylation sites (tertiary alicyclic amines) is 1. The average Bonchev–Trinajstić information content (AvgIpc) is 2.76. The van der Waals surface area contributed by atoms with Crippen LogP contribution in [0, 0.1) is 30.0 Å². The molecular formula is C25H25FN4O3. The highest BCUT2D eigenvalue weighted by atomic mass is 19.1. The van der Waals surface area contributed by atoms with Gasteiger partial charge in [0.2, 0.25) is 11.8 Å². The highest BCUT2D eigenvalue weighted by molar-refractivity contribution is 6.10. The first-order chi connectivity index (χ1) is 15.7. The number of nitriles is 1. The van der Waals surface area contributed by atoms with Crippen molar-refractivity contribution in [3.05, 3.63) is 65.0 Å². The lowest BCUT2D eigenvalue weighted by Crippen LogP contribution is -2.81. The third-order valence-electron chi connectivity index (χ3n) is 6.29. The lowest BCUT2D eigenvalue weighted by Gasteiger charge is -2.58. The number of benzene rings is 2. The number of anilines is 1. The average molecular weight is 448 g/mol. The molecule has 0 atom stereocenters. The number of piperazine rings is 1. The van der Waals surface area contributed by atoms with Crippen molar-refractivity contribution in [2.75, 3.05) is 24.5 Å². The predicted molar refractivity (Wildman–Crippen MR) is 119 cm³/mol. The van der Waals surface area contributed by atoms with Gasteiger partial charge in [-0.25, -0.2) is 4.39 Å². The van der Waals surface area contributed by atoms with Gasteiger partial charge in [0.05, 0.1) is 30.4 Å². The third kappa shape index (κ3) is 3.84. The van der Waals surface area contributed by atoms with Crippen LogP contribution >= 0.6 is 0 Å². The van der Waals surface area contributed by atoms with Crippen molar-refractivity contribution >= 4 is 23.4 Å². The molecule has 2 saturated heterocycles. The number of halogens is 1. The molecule has 170 valence electrons. The van der Waals surface area contributed by atoms with Crippen LogP contribution < -0.4 is 4.90 Å². The van der Waals surface area contributed by atoms with Gasteiger partial charge in [0.25, 0.3) is 5.91 Å². The van der Waals surface area contributed by atoms with E-state index in [0.29, 0.717) is 0 Å². The Kier molecular flexibility index (Phi) is 5.66. The quantitative estimate of drug-likeness (QED) is 0.720. The zero-order chi connectivity index (χ0) is 23.9. The first kappa shape index (κ1) is 22.5. The molecule has 2 aromatic carbocycles. The van der Waals surface area contributed by atoms with Crippen LogP contribution in [-0.4, -0.2) is 52.7 Å². The van der Waals surface area contributed by atoms with Crippen molar-refractivity contribution in [2.45, 2.75) is 32.9 Å². The van der Waals surface area contributed by atoms with Crippen LogP contribution in [0.5, 0.6) is 0 Å². The highest BCUT2D eigenvalue weighted by Crippen LogP contribution is 2.38. The maximum Gasteiger partial charge on any atom is 0.257 e. The van der Waals surface area contributed by atoms with Crippen LogP contribution in [0.15, 0.2) is 42.5 Å². The van der Waals surface area contributed by atoms with E-state index < -0.39 is 17.3 Å². The number of hydrogen-bond donors (Lipinski definition) is 0. The molecule has 0 aliphatic carbocycles. The normalized spacial score (nSPS) is 17.4. The second-order valence-electron chi connectivity index (χ2n) is 9.02. The summed E-state index contributed by atoms with van der Waals surface area (Å²) in [5.41, 5.74) is 0.767. The van der Waals surface area contributed by atoms with Crippen molar-refractivity contribution in [1.29, 1.82) is 5.26 Å². The molecule has 2 aliphatic heterocycles. The highest BCUT2D eigenvalue weighted by Gasteiger charge is 2.61. The van der Waals surface area contributed by atoms with Crippen LogP contribution in [0.4, 0.5) is 10.1 Å². The molecule has 4 rings (SSSR count). The Morgan fingerprint density at radius 3 is 2.39 bits per heavy atom. The van der Waals surface area contributed by atoms with Crippen molar-refractivity contribution in [2.24, 2.45) is 5.92 Å². The lowest BCUT2D eigenvalue weighted by atomic mass is 9.82.